The molecule has 0 heterocycles. The van der Waals surface area contributed by atoms with Crippen LogP contribution in [0, 0.1) is 0 Å². The summed E-state index contributed by atoms with van der Waals surface area (Å²) in [6, 6.07) is 20.8. The summed E-state index contributed by atoms with van der Waals surface area (Å²) in [6.07, 6.45) is 0. The molecule has 0 radical (unpaired) electrons. The number of rotatable bonds is 5. The van der Waals surface area contributed by atoms with Gasteiger partial charge < -0.3 is 5.73 Å². The first-order valence-corrected chi connectivity index (χ1v) is 6.70. The van der Waals surface area contributed by atoms with Gasteiger partial charge in [0.15, 0.2) is 0 Å². The molecule has 2 nitrogen and oxygen atoms in total. The van der Waals surface area contributed by atoms with Gasteiger partial charge in [0.1, 0.15) is 0 Å². The van der Waals surface area contributed by atoms with Gasteiger partial charge in [0.05, 0.1) is 5.28 Å². The Labute approximate surface area is 111 Å². The minimum absolute atomic E-state index is 0.276. The maximum Gasteiger partial charge on any atom is 0.0830 e. The third-order valence-electron chi connectivity index (χ3n) is 3.01. The van der Waals surface area contributed by atoms with E-state index in [9.17, 15) is 0 Å². The van der Waals surface area contributed by atoms with Gasteiger partial charge >= 0.3 is 0 Å². The lowest BCUT2D eigenvalue weighted by Gasteiger charge is -2.32. The molecular formula is C15H19N2P. The minimum atomic E-state index is -0.276. The quantitative estimate of drug-likeness (QED) is 0.808. The molecule has 0 saturated heterocycles. The Bertz CT molecular complexity index is 431. The lowest BCUT2D eigenvalue weighted by atomic mass is 9.97. The lowest BCUT2D eigenvalue weighted by Crippen LogP contribution is -2.40. The van der Waals surface area contributed by atoms with Crippen molar-refractivity contribution in [1.82, 2.24) is 5.32 Å². The standard InChI is InChI=1S/C15H19N2P/c16-11-12-17-15(18,13-7-3-1-4-8-13)14-9-5-2-6-10-14/h1-10,17H,11-12,16,18H2. The van der Waals surface area contributed by atoms with Crippen LogP contribution >= 0.6 is 9.24 Å². The van der Waals surface area contributed by atoms with Crippen molar-refractivity contribution in [1.29, 1.82) is 0 Å². The van der Waals surface area contributed by atoms with Crippen molar-refractivity contribution in [2.45, 2.75) is 5.28 Å². The highest BCUT2D eigenvalue weighted by Gasteiger charge is 2.27. The van der Waals surface area contributed by atoms with Crippen LogP contribution < -0.4 is 11.1 Å². The highest BCUT2D eigenvalue weighted by atomic mass is 31.0. The van der Waals surface area contributed by atoms with Crippen molar-refractivity contribution < 1.29 is 0 Å². The van der Waals surface area contributed by atoms with Crippen molar-refractivity contribution in [3.05, 3.63) is 71.8 Å². The van der Waals surface area contributed by atoms with Gasteiger partial charge in [-0.1, -0.05) is 60.7 Å². The van der Waals surface area contributed by atoms with Crippen LogP contribution in [0.15, 0.2) is 60.7 Å². The van der Waals surface area contributed by atoms with Crippen LogP contribution in [0.2, 0.25) is 0 Å². The van der Waals surface area contributed by atoms with Gasteiger partial charge in [-0.2, -0.15) is 0 Å². The van der Waals surface area contributed by atoms with Crippen molar-refractivity contribution in [3.8, 4) is 0 Å². The van der Waals surface area contributed by atoms with Crippen LogP contribution in [0.3, 0.4) is 0 Å². The average molecular weight is 258 g/mol. The van der Waals surface area contributed by atoms with Gasteiger partial charge in [0.25, 0.3) is 0 Å². The summed E-state index contributed by atoms with van der Waals surface area (Å²) in [7, 11) is 2.93. The number of hydrogen-bond acceptors (Lipinski definition) is 2. The van der Waals surface area contributed by atoms with Crippen LogP contribution in [0.1, 0.15) is 11.1 Å². The minimum Gasteiger partial charge on any atom is -0.329 e. The summed E-state index contributed by atoms with van der Waals surface area (Å²) in [5, 5.41) is 3.24. The van der Waals surface area contributed by atoms with Gasteiger partial charge in [-0.25, -0.2) is 0 Å². The molecule has 1 atom stereocenters. The van der Waals surface area contributed by atoms with E-state index < -0.39 is 0 Å². The van der Waals surface area contributed by atoms with Crippen molar-refractivity contribution in [2.75, 3.05) is 13.1 Å². The molecule has 0 spiro atoms. The van der Waals surface area contributed by atoms with E-state index in [4.69, 9.17) is 5.73 Å². The van der Waals surface area contributed by atoms with Crippen LogP contribution in [-0.2, 0) is 5.28 Å². The maximum absolute atomic E-state index is 5.62. The molecule has 0 aromatic heterocycles. The largest absolute Gasteiger partial charge is 0.329 e. The number of nitrogens with two attached hydrogens (primary N) is 1. The van der Waals surface area contributed by atoms with Crippen LogP contribution in [-0.4, -0.2) is 13.1 Å². The molecule has 3 heteroatoms. The molecule has 0 saturated carbocycles. The van der Waals surface area contributed by atoms with Crippen LogP contribution in [0.5, 0.6) is 0 Å². The zero-order valence-corrected chi connectivity index (χ0v) is 11.5. The molecule has 0 aliphatic carbocycles. The Kier molecular flexibility index (Phi) is 4.48. The Morgan fingerprint density at radius 1 is 0.889 bits per heavy atom. The molecule has 2 aromatic rings. The summed E-state index contributed by atoms with van der Waals surface area (Å²) < 4.78 is 0. The van der Waals surface area contributed by atoms with Gasteiger partial charge in [-0.05, 0) is 11.1 Å². The summed E-state index contributed by atoms with van der Waals surface area (Å²) in [5.74, 6) is 0. The molecule has 18 heavy (non-hydrogen) atoms. The average Bonchev–Trinajstić information content (AvgIpc) is 2.46. The summed E-state index contributed by atoms with van der Waals surface area (Å²) in [5.41, 5.74) is 8.05. The third kappa shape index (κ3) is 2.78. The highest BCUT2D eigenvalue weighted by Crippen LogP contribution is 2.35. The van der Waals surface area contributed by atoms with E-state index in [-0.39, 0.29) is 5.28 Å². The SMILES string of the molecule is NCCNC(P)(c1ccccc1)c1ccccc1. The molecule has 0 aliphatic rings. The first-order chi connectivity index (χ1) is 8.77. The van der Waals surface area contributed by atoms with E-state index in [1.165, 1.54) is 11.1 Å². The van der Waals surface area contributed by atoms with Crippen molar-refractivity contribution in [3.63, 3.8) is 0 Å². The topological polar surface area (TPSA) is 38.0 Å². The molecule has 2 rings (SSSR count). The fourth-order valence-electron chi connectivity index (χ4n) is 2.04. The monoisotopic (exact) mass is 258 g/mol. The predicted octanol–water partition coefficient (Wildman–Crippen LogP) is 2.31. The van der Waals surface area contributed by atoms with Crippen LogP contribution in [0.4, 0.5) is 0 Å². The zero-order chi connectivity index (χ0) is 12.8. The Balaban J connectivity index is 2.41. The second-order valence-corrected chi connectivity index (χ2v) is 5.12. The fourth-order valence-corrected chi connectivity index (χ4v) is 2.57. The lowest BCUT2D eigenvalue weighted by molar-refractivity contribution is 0.563. The molecule has 0 bridgehead atoms. The number of hydrogen-bond donors (Lipinski definition) is 2. The zero-order valence-electron chi connectivity index (χ0n) is 10.3. The summed E-state index contributed by atoms with van der Waals surface area (Å²) in [6.45, 7) is 1.39. The molecule has 2 aromatic carbocycles. The molecule has 3 N–H and O–H groups in total. The van der Waals surface area contributed by atoms with E-state index in [1.54, 1.807) is 0 Å². The molecule has 0 aliphatic heterocycles. The van der Waals surface area contributed by atoms with Gasteiger partial charge in [0.2, 0.25) is 0 Å². The first-order valence-electron chi connectivity index (χ1n) is 6.12. The Morgan fingerprint density at radius 2 is 1.33 bits per heavy atom. The third-order valence-corrected chi connectivity index (χ3v) is 3.88. The fraction of sp³-hybridized carbons (Fsp3) is 0.200. The molecule has 0 amide bonds. The smallest absolute Gasteiger partial charge is 0.0830 e. The van der Waals surface area contributed by atoms with E-state index in [0.717, 1.165) is 6.54 Å². The Hall–Kier alpha value is -1.21. The maximum atomic E-state index is 5.62. The van der Waals surface area contributed by atoms with E-state index in [1.807, 2.05) is 12.1 Å². The normalized spacial score (nSPS) is 11.4. The molecule has 1 unspecified atom stereocenters. The predicted molar refractivity (Wildman–Crippen MR) is 80.4 cm³/mol. The van der Waals surface area contributed by atoms with E-state index >= 15 is 0 Å². The molecular weight excluding hydrogens is 239 g/mol. The summed E-state index contributed by atoms with van der Waals surface area (Å²) in [4.78, 5) is 0. The number of benzene rings is 2. The molecule has 94 valence electrons. The van der Waals surface area contributed by atoms with Gasteiger partial charge in [-0.3, -0.25) is 5.32 Å². The number of nitrogens with one attached hydrogen (secondary N) is 1. The Morgan fingerprint density at radius 3 is 1.72 bits per heavy atom. The molecule has 0 fully saturated rings. The van der Waals surface area contributed by atoms with Gasteiger partial charge in [0, 0.05) is 13.1 Å². The van der Waals surface area contributed by atoms with E-state index in [0.29, 0.717) is 6.54 Å². The van der Waals surface area contributed by atoms with Gasteiger partial charge in [-0.15, -0.1) is 9.24 Å². The van der Waals surface area contributed by atoms with E-state index in [2.05, 4.69) is 63.1 Å². The van der Waals surface area contributed by atoms with Crippen LogP contribution in [0.25, 0.3) is 0 Å². The highest BCUT2D eigenvalue weighted by molar-refractivity contribution is 7.18. The second kappa shape index (κ2) is 6.10. The first kappa shape index (κ1) is 13.2. The second-order valence-electron chi connectivity index (χ2n) is 4.26. The van der Waals surface area contributed by atoms with Crippen molar-refractivity contribution in [2.24, 2.45) is 5.73 Å². The van der Waals surface area contributed by atoms with Crippen molar-refractivity contribution >= 4 is 9.24 Å². The summed E-state index contributed by atoms with van der Waals surface area (Å²) >= 11 is 0.